The number of carboxylic acids is 2. The van der Waals surface area contributed by atoms with Gasteiger partial charge < -0.3 is 54.1 Å². The molecule has 0 fully saturated rings. The van der Waals surface area contributed by atoms with Crippen LogP contribution in [0, 0.1) is 0 Å². The summed E-state index contributed by atoms with van der Waals surface area (Å²) in [6, 6.07) is 70.4. The van der Waals surface area contributed by atoms with Gasteiger partial charge >= 0.3 is 5.97 Å². The average Bonchev–Trinajstić information content (AvgIpc) is 1.09. The summed E-state index contributed by atoms with van der Waals surface area (Å²) in [5, 5.41) is 32.5. The van der Waals surface area contributed by atoms with Crippen molar-refractivity contribution in [1.29, 1.82) is 0 Å². The second-order valence-electron chi connectivity index (χ2n) is 21.7. The van der Waals surface area contributed by atoms with E-state index in [2.05, 4.69) is 88.7 Å². The van der Waals surface area contributed by atoms with Gasteiger partial charge in [-0.1, -0.05) is 42.5 Å². The van der Waals surface area contributed by atoms with E-state index in [1.54, 1.807) is 24.3 Å². The lowest BCUT2D eigenvalue weighted by molar-refractivity contribution is -0.402. The Kier molecular flexibility index (Phi) is 16.1. The van der Waals surface area contributed by atoms with Gasteiger partial charge in [-0.05, 0) is 126 Å². The van der Waals surface area contributed by atoms with Gasteiger partial charge in [0, 0.05) is 189 Å². The van der Waals surface area contributed by atoms with Crippen LogP contribution in [0.3, 0.4) is 0 Å². The molecule has 4 aliphatic rings. The monoisotopic (exact) mass is 1140 g/mol. The minimum atomic E-state index is -1.23. The molecule has 5 N–H and O–H groups in total. The van der Waals surface area contributed by atoms with Crippen molar-refractivity contribution in [3.05, 3.63) is 240 Å². The zero-order valence-corrected chi connectivity index (χ0v) is 49.1. The van der Waals surface area contributed by atoms with Gasteiger partial charge in [-0.25, -0.2) is 14.8 Å². The van der Waals surface area contributed by atoms with Crippen LogP contribution in [0.2, 0.25) is 0 Å². The number of aromatic carboxylic acids is 2. The molecule has 14 nitrogen and oxygen atoms in total. The number of benzene rings is 10. The lowest BCUT2D eigenvalue weighted by Crippen LogP contribution is -2.70. The summed E-state index contributed by atoms with van der Waals surface area (Å²) in [4.78, 5) is 39.6. The van der Waals surface area contributed by atoms with Crippen molar-refractivity contribution in [3.63, 3.8) is 0 Å². The highest BCUT2D eigenvalue weighted by Gasteiger charge is 2.24. The number of anilines is 8. The first-order valence-electron chi connectivity index (χ1n) is 28.0. The molecule has 86 heavy (non-hydrogen) atoms. The standard InChI is InChI=1S/2C36H32N4O3/c2*1-39(2)27-15-9-23(10-16-27)37-25-13-19-31-33(21-25)43-34-22-26(38-24-11-17-28(18-12-24)40(3)4)14-20-32(34)35(31)29-7-5-6-8-30(29)36(41)42/h2*5-22,37H,1-4H3,(H,41,42)/p+1. The second kappa shape index (κ2) is 24.4. The molecule has 0 spiro atoms. The molecule has 14 heteroatoms. The molecule has 12 rings (SSSR count). The van der Waals surface area contributed by atoms with Crippen molar-refractivity contribution in [2.24, 2.45) is 0 Å². The molecular weight excluding hydrogens is 1070 g/mol. The van der Waals surface area contributed by atoms with Crippen LogP contribution >= 0.6 is 0 Å². The Morgan fingerprint density at radius 1 is 0.395 bits per heavy atom. The zero-order valence-electron chi connectivity index (χ0n) is 49.1. The maximum atomic E-state index is 12.3. The van der Waals surface area contributed by atoms with Gasteiger partial charge in [-0.15, -0.1) is 0 Å². The molecule has 2 heterocycles. The van der Waals surface area contributed by atoms with Crippen molar-refractivity contribution < 1.29 is 38.6 Å². The number of hydrogen-bond acceptors (Lipinski definition) is 11. The van der Waals surface area contributed by atoms with Gasteiger partial charge in [0.1, 0.15) is 22.7 Å². The Hall–Kier alpha value is -11.1. The predicted octanol–water partition coefficient (Wildman–Crippen LogP) is 10.8. The number of hydrogen-bond donors (Lipinski definition) is 5. The number of fused-ring (bicyclic) bond motifs is 4. The number of nitrogens with one attached hydrogen (secondary N) is 4. The van der Waals surface area contributed by atoms with Gasteiger partial charge in [-0.3, -0.25) is 0 Å². The van der Waals surface area contributed by atoms with Crippen LogP contribution in [-0.2, 0) is 0 Å². The third-order valence-corrected chi connectivity index (χ3v) is 15.0. The molecule has 0 amide bonds. The van der Waals surface area contributed by atoms with Crippen LogP contribution in [-0.4, -0.2) is 73.4 Å². The molecule has 0 radical (unpaired) electrons. The lowest BCUT2D eigenvalue weighted by atomic mass is 9.90. The van der Waals surface area contributed by atoms with Gasteiger partial charge in [-0.2, -0.15) is 0 Å². The zero-order chi connectivity index (χ0) is 60.2. The van der Waals surface area contributed by atoms with Crippen molar-refractivity contribution in [2.45, 2.75) is 0 Å². The summed E-state index contributed by atoms with van der Waals surface area (Å²) in [5.74, 6) is -0.934. The molecular formula is C72H65N8O6+. The SMILES string of the molecule is CN(C)c1ccc(Nc2ccc3c(-c4ccccc4C(=O)O)c4ccc(=[NH+]c5ccc(N(C)C)cc5)cc-4oc3c2)cc1.CN(C)c1ccc(Nc2ccc3c(-c4ccccc4C(=O)[O-])c4ccc(=[NH+]c5ccc(N(C)C)cc5)cc-4oc3c2)cc1. The van der Waals surface area contributed by atoms with E-state index in [1.807, 2.05) is 202 Å². The molecule has 8 aromatic carbocycles. The summed E-state index contributed by atoms with van der Waals surface area (Å²) in [6.07, 6.45) is 0. The van der Waals surface area contributed by atoms with E-state index in [1.165, 1.54) is 0 Å². The van der Waals surface area contributed by atoms with Crippen LogP contribution in [0.25, 0.3) is 66.8 Å². The highest BCUT2D eigenvalue weighted by Crippen LogP contribution is 2.44. The molecule has 0 aromatic heterocycles. The van der Waals surface area contributed by atoms with Crippen LogP contribution in [0.15, 0.2) is 227 Å². The number of carbonyl (C=O) groups is 2. The molecule has 428 valence electrons. The van der Waals surface area contributed by atoms with Crippen molar-refractivity contribution in [2.75, 3.05) is 86.6 Å². The normalized spacial score (nSPS) is 11.6. The van der Waals surface area contributed by atoms with Gasteiger partial charge in [0.05, 0.1) is 23.7 Å². The Balaban J connectivity index is 0.000000179. The fourth-order valence-corrected chi connectivity index (χ4v) is 10.5. The lowest BCUT2D eigenvalue weighted by Gasteiger charge is -2.18. The highest BCUT2D eigenvalue weighted by molar-refractivity contribution is 6.09. The fourth-order valence-electron chi connectivity index (χ4n) is 10.5. The summed E-state index contributed by atoms with van der Waals surface area (Å²) < 4.78 is 13.0. The Morgan fingerprint density at radius 2 is 0.744 bits per heavy atom. The molecule has 2 aliphatic carbocycles. The first-order valence-corrected chi connectivity index (χ1v) is 28.0. The van der Waals surface area contributed by atoms with E-state index < -0.39 is 11.9 Å². The average molecular weight is 1140 g/mol. The minimum Gasteiger partial charge on any atom is -0.545 e. The van der Waals surface area contributed by atoms with Crippen LogP contribution in [0.1, 0.15) is 20.7 Å². The van der Waals surface area contributed by atoms with Crippen LogP contribution < -0.4 is 56.0 Å². The topological polar surface area (TPSA) is 169 Å². The van der Waals surface area contributed by atoms with Gasteiger partial charge in [0.25, 0.3) is 0 Å². The first kappa shape index (κ1) is 56.7. The third kappa shape index (κ3) is 12.3. The highest BCUT2D eigenvalue weighted by atomic mass is 16.4. The van der Waals surface area contributed by atoms with E-state index in [-0.39, 0.29) is 11.1 Å². The van der Waals surface area contributed by atoms with Gasteiger partial charge in [0.15, 0.2) is 0 Å². The van der Waals surface area contributed by atoms with Crippen molar-refractivity contribution in [1.82, 2.24) is 0 Å². The molecule has 2 aliphatic heterocycles. The van der Waals surface area contributed by atoms with E-state index >= 15 is 0 Å². The maximum absolute atomic E-state index is 12.3. The summed E-state index contributed by atoms with van der Waals surface area (Å²) in [5.41, 5.74) is 16.0. The molecule has 0 bridgehead atoms. The molecule has 0 saturated carbocycles. The molecule has 0 unspecified atom stereocenters. The number of rotatable bonds is 14. The first-order chi connectivity index (χ1) is 41.5. The number of carbonyl (C=O) groups excluding carboxylic acids is 1. The second-order valence-corrected chi connectivity index (χ2v) is 21.7. The molecule has 0 saturated heterocycles. The van der Waals surface area contributed by atoms with E-state index in [0.717, 1.165) is 101 Å². The maximum Gasteiger partial charge on any atom is 0.336 e. The van der Waals surface area contributed by atoms with Crippen LogP contribution in [0.5, 0.6) is 0 Å². The predicted molar refractivity (Wildman–Crippen MR) is 345 cm³/mol. The summed E-state index contributed by atoms with van der Waals surface area (Å²) in [6.45, 7) is 0. The van der Waals surface area contributed by atoms with Gasteiger partial charge in [0.2, 0.25) is 22.1 Å². The number of carboxylic acid groups (broad SMARTS) is 2. The van der Waals surface area contributed by atoms with Crippen LogP contribution in [0.4, 0.5) is 56.9 Å². The number of nitrogens with zero attached hydrogens (tertiary/aromatic N) is 4. The molecule has 0 atom stereocenters. The van der Waals surface area contributed by atoms with Crippen molar-refractivity contribution >= 4 is 90.8 Å². The van der Waals surface area contributed by atoms with E-state index in [4.69, 9.17) is 8.83 Å². The van der Waals surface area contributed by atoms with E-state index in [0.29, 0.717) is 33.8 Å². The Bertz CT molecular complexity index is 4240. The van der Waals surface area contributed by atoms with Crippen molar-refractivity contribution in [3.8, 4) is 44.9 Å². The smallest absolute Gasteiger partial charge is 0.336 e. The summed E-state index contributed by atoms with van der Waals surface area (Å²) in [7, 11) is 16.1. The third-order valence-electron chi connectivity index (χ3n) is 15.0. The largest absolute Gasteiger partial charge is 0.545 e. The Morgan fingerprint density at radius 3 is 1.12 bits per heavy atom. The summed E-state index contributed by atoms with van der Waals surface area (Å²) >= 11 is 0. The Labute approximate surface area is 498 Å². The fraction of sp³-hybridized carbons (Fsp3) is 0.111. The molecule has 8 aromatic rings. The quantitative estimate of drug-likeness (QED) is 0.0655. The van der Waals surface area contributed by atoms with E-state index in [9.17, 15) is 19.8 Å². The minimum absolute atomic E-state index is 0.127.